The molecule has 0 amide bonds. The molecule has 100 valence electrons. The number of aliphatic hydroxyl groups is 2. The Bertz CT molecular complexity index is 425. The van der Waals surface area contributed by atoms with Gasteiger partial charge in [-0.05, 0) is 25.1 Å². The molecule has 1 rings (SSSR count). The Morgan fingerprint density at radius 1 is 1.50 bits per heavy atom. The quantitative estimate of drug-likeness (QED) is 0.814. The highest BCUT2D eigenvalue weighted by molar-refractivity contribution is 9.10. The molecule has 6 heteroatoms. The van der Waals surface area contributed by atoms with Crippen LogP contribution in [0.2, 0.25) is 0 Å². The van der Waals surface area contributed by atoms with Gasteiger partial charge in [-0.2, -0.15) is 0 Å². The van der Waals surface area contributed by atoms with Crippen LogP contribution in [0.25, 0.3) is 0 Å². The average Bonchev–Trinajstić information content (AvgIpc) is 2.31. The van der Waals surface area contributed by atoms with Crippen LogP contribution < -0.4 is 0 Å². The van der Waals surface area contributed by atoms with Crippen LogP contribution in [-0.2, 0) is 9.53 Å². The number of esters is 1. The van der Waals surface area contributed by atoms with Crippen LogP contribution in [0.1, 0.15) is 25.0 Å². The summed E-state index contributed by atoms with van der Waals surface area (Å²) in [5.74, 6) is -1.15. The zero-order valence-corrected chi connectivity index (χ0v) is 11.4. The second-order valence-corrected chi connectivity index (χ2v) is 4.54. The Morgan fingerprint density at radius 2 is 2.17 bits per heavy atom. The lowest BCUT2D eigenvalue weighted by atomic mass is 10.0. The van der Waals surface area contributed by atoms with Crippen molar-refractivity contribution < 1.29 is 24.1 Å². The van der Waals surface area contributed by atoms with E-state index in [1.807, 2.05) is 0 Å². The summed E-state index contributed by atoms with van der Waals surface area (Å²) in [6.45, 7) is 1.84. The van der Waals surface area contributed by atoms with E-state index in [9.17, 15) is 19.4 Å². The van der Waals surface area contributed by atoms with E-state index in [1.165, 1.54) is 12.1 Å². The summed E-state index contributed by atoms with van der Waals surface area (Å²) in [5, 5.41) is 19.5. The van der Waals surface area contributed by atoms with Crippen molar-refractivity contribution >= 4 is 21.9 Å². The molecular weight excluding hydrogens is 307 g/mol. The van der Waals surface area contributed by atoms with Crippen LogP contribution >= 0.6 is 15.9 Å². The molecule has 0 saturated heterocycles. The van der Waals surface area contributed by atoms with Gasteiger partial charge in [0.15, 0.2) is 0 Å². The van der Waals surface area contributed by atoms with Gasteiger partial charge >= 0.3 is 5.97 Å². The summed E-state index contributed by atoms with van der Waals surface area (Å²) in [6.07, 6.45) is -3.06. The zero-order chi connectivity index (χ0) is 13.7. The standard InChI is InChI=1S/C12H14BrFO4/c1-2-18-11(16)6-10(15)12(17)8-5-7(14)3-4-9(8)13/h3-5,10,12,15,17H,2,6H2,1H3. The van der Waals surface area contributed by atoms with Gasteiger partial charge in [0.25, 0.3) is 0 Å². The topological polar surface area (TPSA) is 66.8 Å². The van der Waals surface area contributed by atoms with E-state index < -0.39 is 24.0 Å². The van der Waals surface area contributed by atoms with Crippen LogP contribution in [0.4, 0.5) is 4.39 Å². The number of benzene rings is 1. The summed E-state index contributed by atoms with van der Waals surface area (Å²) < 4.78 is 18.2. The van der Waals surface area contributed by atoms with E-state index in [-0.39, 0.29) is 18.6 Å². The first-order valence-electron chi connectivity index (χ1n) is 5.42. The maximum atomic E-state index is 13.0. The molecule has 2 unspecified atom stereocenters. The highest BCUT2D eigenvalue weighted by Crippen LogP contribution is 2.27. The molecule has 1 aromatic carbocycles. The summed E-state index contributed by atoms with van der Waals surface area (Å²) >= 11 is 3.14. The van der Waals surface area contributed by atoms with E-state index in [2.05, 4.69) is 20.7 Å². The molecule has 0 fully saturated rings. The Hall–Kier alpha value is -0.980. The molecule has 0 bridgehead atoms. The smallest absolute Gasteiger partial charge is 0.308 e. The van der Waals surface area contributed by atoms with Gasteiger partial charge in [-0.1, -0.05) is 15.9 Å². The number of hydrogen-bond donors (Lipinski definition) is 2. The van der Waals surface area contributed by atoms with Gasteiger partial charge in [-0.15, -0.1) is 0 Å². The van der Waals surface area contributed by atoms with Crippen LogP contribution in [0.3, 0.4) is 0 Å². The molecule has 0 spiro atoms. The minimum absolute atomic E-state index is 0.187. The van der Waals surface area contributed by atoms with Gasteiger partial charge in [-0.25, -0.2) is 4.39 Å². The van der Waals surface area contributed by atoms with Crippen molar-refractivity contribution in [3.63, 3.8) is 0 Å². The van der Waals surface area contributed by atoms with Gasteiger partial charge in [0.05, 0.1) is 19.1 Å². The van der Waals surface area contributed by atoms with Crippen molar-refractivity contribution in [1.82, 2.24) is 0 Å². The fourth-order valence-corrected chi connectivity index (χ4v) is 1.93. The summed E-state index contributed by atoms with van der Waals surface area (Å²) in [7, 11) is 0. The number of hydrogen-bond acceptors (Lipinski definition) is 4. The van der Waals surface area contributed by atoms with Gasteiger partial charge in [0.1, 0.15) is 11.9 Å². The Labute approximate surface area is 113 Å². The third-order valence-corrected chi connectivity index (χ3v) is 3.04. The fourth-order valence-electron chi connectivity index (χ4n) is 1.45. The van der Waals surface area contributed by atoms with E-state index >= 15 is 0 Å². The first-order valence-corrected chi connectivity index (χ1v) is 6.21. The van der Waals surface area contributed by atoms with Gasteiger partial charge in [-0.3, -0.25) is 4.79 Å². The van der Waals surface area contributed by atoms with Crippen molar-refractivity contribution in [2.75, 3.05) is 6.61 Å². The molecule has 0 aromatic heterocycles. The van der Waals surface area contributed by atoms with Gasteiger partial charge in [0.2, 0.25) is 0 Å². The first kappa shape index (κ1) is 15.1. The molecule has 1 aromatic rings. The highest BCUT2D eigenvalue weighted by Gasteiger charge is 2.24. The molecule has 0 saturated carbocycles. The predicted molar refractivity (Wildman–Crippen MR) is 66.3 cm³/mol. The number of rotatable bonds is 5. The molecular formula is C12H14BrFO4. The zero-order valence-electron chi connectivity index (χ0n) is 9.77. The summed E-state index contributed by atoms with van der Waals surface area (Å²) in [5.41, 5.74) is 0.187. The highest BCUT2D eigenvalue weighted by atomic mass is 79.9. The fraction of sp³-hybridized carbons (Fsp3) is 0.417. The molecule has 0 aliphatic carbocycles. The second kappa shape index (κ2) is 6.82. The van der Waals surface area contributed by atoms with E-state index in [4.69, 9.17) is 0 Å². The maximum absolute atomic E-state index is 13.0. The predicted octanol–water partition coefficient (Wildman–Crippen LogP) is 1.94. The second-order valence-electron chi connectivity index (χ2n) is 3.69. The normalized spacial score (nSPS) is 14.1. The number of halogens is 2. The third kappa shape index (κ3) is 4.04. The Kier molecular flexibility index (Phi) is 5.71. The van der Waals surface area contributed by atoms with Crippen molar-refractivity contribution in [2.45, 2.75) is 25.6 Å². The van der Waals surface area contributed by atoms with E-state index in [0.717, 1.165) is 6.07 Å². The van der Waals surface area contributed by atoms with Crippen LogP contribution in [0.15, 0.2) is 22.7 Å². The SMILES string of the molecule is CCOC(=O)CC(O)C(O)c1cc(F)ccc1Br. The lowest BCUT2D eigenvalue weighted by Gasteiger charge is -2.18. The molecule has 0 radical (unpaired) electrons. The van der Waals surface area contributed by atoms with Crippen molar-refractivity contribution in [2.24, 2.45) is 0 Å². The first-order chi connectivity index (χ1) is 8.45. The van der Waals surface area contributed by atoms with Crippen LogP contribution in [0, 0.1) is 5.82 Å². The molecule has 4 nitrogen and oxygen atoms in total. The molecule has 0 heterocycles. The minimum Gasteiger partial charge on any atom is -0.466 e. The molecule has 0 aliphatic heterocycles. The van der Waals surface area contributed by atoms with Crippen LogP contribution in [-0.4, -0.2) is 28.9 Å². The monoisotopic (exact) mass is 320 g/mol. The van der Waals surface area contributed by atoms with E-state index in [0.29, 0.717) is 4.47 Å². The van der Waals surface area contributed by atoms with Crippen molar-refractivity contribution in [3.8, 4) is 0 Å². The lowest BCUT2D eigenvalue weighted by Crippen LogP contribution is -2.23. The lowest BCUT2D eigenvalue weighted by molar-refractivity contribution is -0.147. The third-order valence-electron chi connectivity index (χ3n) is 2.32. The number of aliphatic hydroxyl groups excluding tert-OH is 2. The Balaban J connectivity index is 2.76. The van der Waals surface area contributed by atoms with Gasteiger partial charge in [0, 0.05) is 10.0 Å². The summed E-state index contributed by atoms with van der Waals surface area (Å²) in [6, 6.07) is 3.74. The number of ether oxygens (including phenoxy) is 1. The Morgan fingerprint density at radius 3 is 2.78 bits per heavy atom. The van der Waals surface area contributed by atoms with Crippen molar-refractivity contribution in [1.29, 1.82) is 0 Å². The van der Waals surface area contributed by atoms with Crippen molar-refractivity contribution in [3.05, 3.63) is 34.1 Å². The maximum Gasteiger partial charge on any atom is 0.308 e. The van der Waals surface area contributed by atoms with Crippen LogP contribution in [0.5, 0.6) is 0 Å². The molecule has 0 aliphatic rings. The average molecular weight is 321 g/mol. The summed E-state index contributed by atoms with van der Waals surface area (Å²) in [4.78, 5) is 11.2. The molecule has 18 heavy (non-hydrogen) atoms. The largest absolute Gasteiger partial charge is 0.466 e. The number of carbonyl (C=O) groups is 1. The molecule has 2 atom stereocenters. The van der Waals surface area contributed by atoms with E-state index in [1.54, 1.807) is 6.92 Å². The number of carbonyl (C=O) groups excluding carboxylic acids is 1. The minimum atomic E-state index is -1.36. The van der Waals surface area contributed by atoms with Gasteiger partial charge < -0.3 is 14.9 Å². The molecule has 2 N–H and O–H groups in total.